The predicted octanol–water partition coefficient (Wildman–Crippen LogP) is 3.08. The van der Waals surface area contributed by atoms with E-state index in [4.69, 9.17) is 4.84 Å². The van der Waals surface area contributed by atoms with Gasteiger partial charge in [0.25, 0.3) is 0 Å². The molecule has 0 aliphatic carbocycles. The van der Waals surface area contributed by atoms with Crippen LogP contribution in [0.1, 0.15) is 31.0 Å². The zero-order chi connectivity index (χ0) is 14.2. The minimum Gasteiger partial charge on any atom is -0.391 e. The van der Waals surface area contributed by atoms with Gasteiger partial charge in [0.05, 0.1) is 5.71 Å². The predicted molar refractivity (Wildman–Crippen MR) is 84.5 cm³/mol. The molecule has 21 heavy (non-hydrogen) atoms. The molecule has 4 nitrogen and oxygen atoms in total. The fourth-order valence-corrected chi connectivity index (χ4v) is 3.49. The lowest BCUT2D eigenvalue weighted by atomic mass is 10.0. The summed E-state index contributed by atoms with van der Waals surface area (Å²) in [5.74, 6) is 0. The summed E-state index contributed by atoms with van der Waals surface area (Å²) in [5.41, 5.74) is 5.33. The van der Waals surface area contributed by atoms with E-state index >= 15 is 0 Å². The third-order valence-electron chi connectivity index (χ3n) is 4.63. The van der Waals surface area contributed by atoms with Crippen molar-refractivity contribution in [1.82, 2.24) is 9.88 Å². The molecule has 2 aliphatic rings. The van der Waals surface area contributed by atoms with E-state index in [9.17, 15) is 0 Å². The lowest BCUT2D eigenvalue weighted by Crippen LogP contribution is -2.36. The van der Waals surface area contributed by atoms with Crippen molar-refractivity contribution in [2.75, 3.05) is 13.1 Å². The van der Waals surface area contributed by atoms with Crippen LogP contribution in [-0.4, -0.2) is 34.8 Å². The quantitative estimate of drug-likeness (QED) is 0.940. The van der Waals surface area contributed by atoms with Crippen LogP contribution in [0.25, 0.3) is 10.9 Å². The molecule has 0 saturated heterocycles. The summed E-state index contributed by atoms with van der Waals surface area (Å²) in [6, 6.07) is 8.61. The van der Waals surface area contributed by atoms with Crippen LogP contribution < -0.4 is 0 Å². The third kappa shape index (κ3) is 2.33. The zero-order valence-electron chi connectivity index (χ0n) is 12.4. The highest BCUT2D eigenvalue weighted by Crippen LogP contribution is 2.28. The number of aromatic nitrogens is 1. The van der Waals surface area contributed by atoms with Crippen molar-refractivity contribution in [3.8, 4) is 0 Å². The highest BCUT2D eigenvalue weighted by Gasteiger charge is 2.26. The van der Waals surface area contributed by atoms with Gasteiger partial charge >= 0.3 is 0 Å². The number of nitrogens with one attached hydrogen (secondary N) is 1. The molecule has 4 rings (SSSR count). The Bertz CT molecular complexity index is 688. The molecule has 1 aromatic heterocycles. The summed E-state index contributed by atoms with van der Waals surface area (Å²) < 4.78 is 0. The number of nitrogens with zero attached hydrogens (tertiary/aromatic N) is 2. The van der Waals surface area contributed by atoms with Crippen molar-refractivity contribution >= 4 is 16.6 Å². The second kappa shape index (κ2) is 5.19. The normalized spacial score (nSPS) is 22.1. The Morgan fingerprint density at radius 3 is 3.14 bits per heavy atom. The van der Waals surface area contributed by atoms with Gasteiger partial charge in [-0.05, 0) is 24.5 Å². The van der Waals surface area contributed by atoms with E-state index in [1.165, 1.54) is 27.9 Å². The molecule has 0 saturated carbocycles. The van der Waals surface area contributed by atoms with Gasteiger partial charge in [0.2, 0.25) is 0 Å². The minimum atomic E-state index is 0.242. The first-order chi connectivity index (χ1) is 10.3. The van der Waals surface area contributed by atoms with E-state index in [0.29, 0.717) is 0 Å². The molecule has 1 atom stereocenters. The number of benzene rings is 1. The number of hydrogen-bond donors (Lipinski definition) is 1. The van der Waals surface area contributed by atoms with E-state index < -0.39 is 0 Å². The van der Waals surface area contributed by atoms with Gasteiger partial charge in [0, 0.05) is 42.7 Å². The average Bonchev–Trinajstić information content (AvgIpc) is 3.10. The third-order valence-corrected chi connectivity index (χ3v) is 4.63. The Labute approximate surface area is 124 Å². The molecule has 1 N–H and O–H groups in total. The molecule has 2 aliphatic heterocycles. The summed E-state index contributed by atoms with van der Waals surface area (Å²) in [6.07, 6.45) is 3.36. The Kier molecular flexibility index (Phi) is 3.19. The summed E-state index contributed by atoms with van der Waals surface area (Å²) in [7, 11) is 0. The van der Waals surface area contributed by atoms with Gasteiger partial charge in [-0.25, -0.2) is 0 Å². The molecule has 0 bridgehead atoms. The van der Waals surface area contributed by atoms with Crippen molar-refractivity contribution in [2.24, 2.45) is 5.16 Å². The van der Waals surface area contributed by atoms with Crippen LogP contribution in [0.3, 0.4) is 0 Å². The van der Waals surface area contributed by atoms with Crippen LogP contribution >= 0.6 is 0 Å². The van der Waals surface area contributed by atoms with E-state index in [1.807, 2.05) is 0 Å². The Morgan fingerprint density at radius 1 is 1.38 bits per heavy atom. The van der Waals surface area contributed by atoms with Gasteiger partial charge < -0.3 is 9.82 Å². The van der Waals surface area contributed by atoms with Crippen molar-refractivity contribution < 1.29 is 4.84 Å². The molecule has 0 amide bonds. The molecule has 0 radical (unpaired) electrons. The monoisotopic (exact) mass is 283 g/mol. The standard InChI is InChI=1S/C17H21N3O/c1-2-12-9-13(21-19-12)10-20-8-7-15-14-5-3-4-6-16(14)18-17(15)11-20/h3-6,13,18H,2,7-11H2,1H3/t13-/m1/s1. The van der Waals surface area contributed by atoms with Crippen molar-refractivity contribution in [2.45, 2.75) is 38.8 Å². The number of oxime groups is 1. The zero-order valence-corrected chi connectivity index (χ0v) is 12.4. The second-order valence-corrected chi connectivity index (χ2v) is 6.06. The Hall–Kier alpha value is -1.81. The summed E-state index contributed by atoms with van der Waals surface area (Å²) >= 11 is 0. The average molecular weight is 283 g/mol. The second-order valence-electron chi connectivity index (χ2n) is 6.06. The van der Waals surface area contributed by atoms with E-state index in [-0.39, 0.29) is 6.10 Å². The summed E-state index contributed by atoms with van der Waals surface area (Å²) in [6.45, 7) is 5.21. The van der Waals surface area contributed by atoms with Crippen LogP contribution in [-0.2, 0) is 17.8 Å². The van der Waals surface area contributed by atoms with Gasteiger partial charge in [-0.2, -0.15) is 0 Å². The first-order valence-corrected chi connectivity index (χ1v) is 7.86. The molecular formula is C17H21N3O. The molecule has 0 fully saturated rings. The number of hydrogen-bond acceptors (Lipinski definition) is 3. The number of para-hydroxylation sites is 1. The van der Waals surface area contributed by atoms with Gasteiger partial charge in [0.1, 0.15) is 6.10 Å². The SMILES string of the molecule is CCC1=NO[C@@H](CN2CCc3c([nH]c4ccccc34)C2)C1. The van der Waals surface area contributed by atoms with Crippen LogP contribution in [0.15, 0.2) is 29.4 Å². The maximum absolute atomic E-state index is 5.54. The number of H-pyrrole nitrogens is 1. The number of aromatic amines is 1. The lowest BCUT2D eigenvalue weighted by molar-refractivity contribution is 0.0485. The lowest BCUT2D eigenvalue weighted by Gasteiger charge is -2.28. The maximum Gasteiger partial charge on any atom is 0.145 e. The Morgan fingerprint density at radius 2 is 2.29 bits per heavy atom. The van der Waals surface area contributed by atoms with Crippen LogP contribution in [0.2, 0.25) is 0 Å². The van der Waals surface area contributed by atoms with Gasteiger partial charge in [-0.15, -0.1) is 0 Å². The largest absolute Gasteiger partial charge is 0.391 e. The van der Waals surface area contributed by atoms with Crippen LogP contribution in [0.5, 0.6) is 0 Å². The highest BCUT2D eigenvalue weighted by atomic mass is 16.6. The van der Waals surface area contributed by atoms with Crippen molar-refractivity contribution in [3.05, 3.63) is 35.5 Å². The molecule has 0 unspecified atom stereocenters. The first-order valence-electron chi connectivity index (χ1n) is 7.86. The Balaban J connectivity index is 1.47. The fourth-order valence-electron chi connectivity index (χ4n) is 3.49. The highest BCUT2D eigenvalue weighted by molar-refractivity contribution is 5.85. The molecule has 4 heteroatoms. The van der Waals surface area contributed by atoms with Gasteiger partial charge in [0.15, 0.2) is 0 Å². The number of rotatable bonds is 3. The molecule has 2 aromatic rings. The fraction of sp³-hybridized carbons (Fsp3) is 0.471. The van der Waals surface area contributed by atoms with Gasteiger partial charge in [-0.1, -0.05) is 30.3 Å². The number of fused-ring (bicyclic) bond motifs is 3. The molecule has 110 valence electrons. The van der Waals surface area contributed by atoms with Gasteiger partial charge in [-0.3, -0.25) is 4.90 Å². The molecule has 3 heterocycles. The van der Waals surface area contributed by atoms with Crippen molar-refractivity contribution in [1.29, 1.82) is 0 Å². The first kappa shape index (κ1) is 12.9. The maximum atomic E-state index is 5.54. The molecular weight excluding hydrogens is 262 g/mol. The summed E-state index contributed by atoms with van der Waals surface area (Å²) in [4.78, 5) is 11.6. The van der Waals surface area contributed by atoms with E-state index in [0.717, 1.165) is 38.9 Å². The molecule has 1 aromatic carbocycles. The van der Waals surface area contributed by atoms with Crippen LogP contribution in [0.4, 0.5) is 0 Å². The smallest absolute Gasteiger partial charge is 0.145 e. The minimum absolute atomic E-state index is 0.242. The van der Waals surface area contributed by atoms with E-state index in [2.05, 4.69) is 46.2 Å². The van der Waals surface area contributed by atoms with Crippen LogP contribution in [0, 0.1) is 0 Å². The van der Waals surface area contributed by atoms with Crippen molar-refractivity contribution in [3.63, 3.8) is 0 Å². The van der Waals surface area contributed by atoms with E-state index in [1.54, 1.807) is 0 Å². The molecule has 0 spiro atoms. The topological polar surface area (TPSA) is 40.6 Å². The summed E-state index contributed by atoms with van der Waals surface area (Å²) in [5, 5.41) is 5.55.